The van der Waals surface area contributed by atoms with E-state index < -0.39 is 0 Å². The number of aromatic nitrogens is 2. The summed E-state index contributed by atoms with van der Waals surface area (Å²) in [6, 6.07) is 2.12. The molecule has 5 nitrogen and oxygen atoms in total. The Kier molecular flexibility index (Phi) is 4.14. The molecular weight excluding hydrogens is 216 g/mol. The van der Waals surface area contributed by atoms with E-state index in [9.17, 15) is 4.79 Å². The van der Waals surface area contributed by atoms with E-state index in [0.717, 1.165) is 32.2 Å². The lowest BCUT2D eigenvalue weighted by Crippen LogP contribution is -2.31. The maximum Gasteiger partial charge on any atom is 0.223 e. The smallest absolute Gasteiger partial charge is 0.223 e. The van der Waals surface area contributed by atoms with Crippen LogP contribution in [0.1, 0.15) is 25.7 Å². The molecule has 1 fully saturated rings. The van der Waals surface area contributed by atoms with E-state index in [1.165, 1.54) is 0 Å². The van der Waals surface area contributed by atoms with Crippen LogP contribution in [0.4, 0.5) is 0 Å². The van der Waals surface area contributed by atoms with Gasteiger partial charge in [0.05, 0.1) is 0 Å². The number of carbonyl (C=O) groups is 1. The Balaban J connectivity index is 1.60. The number of rotatable bonds is 5. The quantitative estimate of drug-likeness (QED) is 0.732. The molecule has 1 heterocycles. The molecule has 1 aromatic rings. The Bertz CT molecular complexity index is 349. The fourth-order valence-corrected chi connectivity index (χ4v) is 2.28. The Labute approximate surface area is 101 Å². The number of hydrogen-bond acceptors (Lipinski definition) is 3. The van der Waals surface area contributed by atoms with Crippen LogP contribution < -0.4 is 11.1 Å². The number of aryl methyl sites for hydroxylation is 1. The molecule has 0 aliphatic heterocycles. The van der Waals surface area contributed by atoms with Gasteiger partial charge in [0, 0.05) is 37.4 Å². The van der Waals surface area contributed by atoms with Crippen molar-refractivity contribution in [1.29, 1.82) is 0 Å². The van der Waals surface area contributed by atoms with E-state index in [1.807, 2.05) is 16.9 Å². The SMILES string of the molecule is NC1CCC(C(=O)NCCCn2cccn2)C1. The predicted octanol–water partition coefficient (Wildman–Crippen LogP) is 0.517. The number of nitrogens with one attached hydrogen (secondary N) is 1. The highest BCUT2D eigenvalue weighted by Crippen LogP contribution is 2.23. The summed E-state index contributed by atoms with van der Waals surface area (Å²) in [6.45, 7) is 1.56. The molecule has 1 aromatic heterocycles. The van der Waals surface area contributed by atoms with E-state index in [-0.39, 0.29) is 17.9 Å². The monoisotopic (exact) mass is 236 g/mol. The van der Waals surface area contributed by atoms with Gasteiger partial charge in [-0.05, 0) is 31.7 Å². The second-order valence-electron chi connectivity index (χ2n) is 4.68. The second kappa shape index (κ2) is 5.82. The van der Waals surface area contributed by atoms with Crippen molar-refractivity contribution >= 4 is 5.91 Å². The molecule has 0 aromatic carbocycles. The predicted molar refractivity (Wildman–Crippen MR) is 65.2 cm³/mol. The molecule has 2 rings (SSSR count). The lowest BCUT2D eigenvalue weighted by atomic mass is 10.1. The minimum absolute atomic E-state index is 0.134. The molecule has 2 atom stereocenters. The van der Waals surface area contributed by atoms with Gasteiger partial charge >= 0.3 is 0 Å². The van der Waals surface area contributed by atoms with Crippen LogP contribution in [0.15, 0.2) is 18.5 Å². The summed E-state index contributed by atoms with van der Waals surface area (Å²) >= 11 is 0. The van der Waals surface area contributed by atoms with Crippen LogP contribution in [0.25, 0.3) is 0 Å². The van der Waals surface area contributed by atoms with Crippen molar-refractivity contribution < 1.29 is 4.79 Å². The molecule has 94 valence electrons. The van der Waals surface area contributed by atoms with E-state index in [0.29, 0.717) is 6.54 Å². The summed E-state index contributed by atoms with van der Waals surface area (Å²) in [5.41, 5.74) is 5.79. The molecule has 2 unspecified atom stereocenters. The highest BCUT2D eigenvalue weighted by Gasteiger charge is 2.27. The molecule has 17 heavy (non-hydrogen) atoms. The van der Waals surface area contributed by atoms with Crippen molar-refractivity contribution in [3.63, 3.8) is 0 Å². The molecule has 0 radical (unpaired) electrons. The molecule has 0 saturated heterocycles. The molecule has 1 amide bonds. The minimum atomic E-state index is 0.134. The van der Waals surface area contributed by atoms with Crippen LogP contribution in [-0.4, -0.2) is 28.3 Å². The number of amides is 1. The van der Waals surface area contributed by atoms with Gasteiger partial charge in [0.2, 0.25) is 5.91 Å². The van der Waals surface area contributed by atoms with Crippen LogP contribution >= 0.6 is 0 Å². The van der Waals surface area contributed by atoms with Crippen LogP contribution in [0, 0.1) is 5.92 Å². The Hall–Kier alpha value is -1.36. The van der Waals surface area contributed by atoms with E-state index in [1.54, 1.807) is 6.20 Å². The summed E-state index contributed by atoms with van der Waals surface area (Å²) in [5, 5.41) is 7.08. The first kappa shape index (κ1) is 12.1. The molecule has 0 spiro atoms. The lowest BCUT2D eigenvalue weighted by Gasteiger charge is -2.10. The fourth-order valence-electron chi connectivity index (χ4n) is 2.28. The van der Waals surface area contributed by atoms with Crippen LogP contribution in [0.2, 0.25) is 0 Å². The average molecular weight is 236 g/mol. The fraction of sp³-hybridized carbons (Fsp3) is 0.667. The van der Waals surface area contributed by atoms with Crippen molar-refractivity contribution in [3.05, 3.63) is 18.5 Å². The zero-order valence-electron chi connectivity index (χ0n) is 10.0. The standard InChI is InChI=1S/C12H20N4O/c13-11-4-3-10(9-11)12(17)14-5-1-7-16-8-2-6-15-16/h2,6,8,10-11H,1,3-5,7,9,13H2,(H,14,17). The van der Waals surface area contributed by atoms with Crippen LogP contribution in [-0.2, 0) is 11.3 Å². The normalized spacial score (nSPS) is 23.8. The van der Waals surface area contributed by atoms with Gasteiger partial charge in [-0.1, -0.05) is 0 Å². The van der Waals surface area contributed by atoms with Crippen molar-refractivity contribution in [2.75, 3.05) is 6.54 Å². The van der Waals surface area contributed by atoms with Crippen molar-refractivity contribution in [2.24, 2.45) is 11.7 Å². The summed E-state index contributed by atoms with van der Waals surface area (Å²) in [5.74, 6) is 0.299. The zero-order valence-corrected chi connectivity index (χ0v) is 10.0. The number of nitrogens with two attached hydrogens (primary N) is 1. The molecular formula is C12H20N4O. The summed E-state index contributed by atoms with van der Waals surface area (Å²) in [7, 11) is 0. The highest BCUT2D eigenvalue weighted by atomic mass is 16.1. The van der Waals surface area contributed by atoms with Gasteiger partial charge in [-0.15, -0.1) is 0 Å². The minimum Gasteiger partial charge on any atom is -0.356 e. The van der Waals surface area contributed by atoms with Gasteiger partial charge in [-0.3, -0.25) is 9.48 Å². The molecule has 0 bridgehead atoms. The van der Waals surface area contributed by atoms with E-state index in [2.05, 4.69) is 10.4 Å². The molecule has 1 saturated carbocycles. The Morgan fingerprint density at radius 3 is 3.06 bits per heavy atom. The lowest BCUT2D eigenvalue weighted by molar-refractivity contribution is -0.124. The summed E-state index contributed by atoms with van der Waals surface area (Å²) in [6.07, 6.45) is 7.35. The van der Waals surface area contributed by atoms with Gasteiger partial charge < -0.3 is 11.1 Å². The summed E-state index contributed by atoms with van der Waals surface area (Å²) < 4.78 is 1.87. The van der Waals surface area contributed by atoms with Crippen molar-refractivity contribution in [2.45, 2.75) is 38.3 Å². The summed E-state index contributed by atoms with van der Waals surface area (Å²) in [4.78, 5) is 11.8. The van der Waals surface area contributed by atoms with Gasteiger partial charge in [0.25, 0.3) is 0 Å². The van der Waals surface area contributed by atoms with Crippen LogP contribution in [0.3, 0.4) is 0 Å². The van der Waals surface area contributed by atoms with Crippen LogP contribution in [0.5, 0.6) is 0 Å². The third-order valence-electron chi connectivity index (χ3n) is 3.27. The Morgan fingerprint density at radius 1 is 1.53 bits per heavy atom. The van der Waals surface area contributed by atoms with E-state index >= 15 is 0 Å². The molecule has 1 aliphatic carbocycles. The Morgan fingerprint density at radius 2 is 2.41 bits per heavy atom. The topological polar surface area (TPSA) is 72.9 Å². The molecule has 1 aliphatic rings. The molecule has 5 heteroatoms. The molecule has 3 N–H and O–H groups in total. The first-order valence-electron chi connectivity index (χ1n) is 6.26. The van der Waals surface area contributed by atoms with Crippen molar-refractivity contribution in [3.8, 4) is 0 Å². The third-order valence-corrected chi connectivity index (χ3v) is 3.27. The van der Waals surface area contributed by atoms with Gasteiger partial charge in [-0.25, -0.2) is 0 Å². The van der Waals surface area contributed by atoms with Gasteiger partial charge in [0.15, 0.2) is 0 Å². The first-order chi connectivity index (χ1) is 8.25. The number of hydrogen-bond donors (Lipinski definition) is 2. The highest BCUT2D eigenvalue weighted by molar-refractivity contribution is 5.78. The van der Waals surface area contributed by atoms with Crippen molar-refractivity contribution in [1.82, 2.24) is 15.1 Å². The number of carbonyl (C=O) groups excluding carboxylic acids is 1. The maximum absolute atomic E-state index is 11.8. The van der Waals surface area contributed by atoms with Gasteiger partial charge in [-0.2, -0.15) is 5.10 Å². The van der Waals surface area contributed by atoms with Gasteiger partial charge in [0.1, 0.15) is 0 Å². The maximum atomic E-state index is 11.8. The first-order valence-corrected chi connectivity index (χ1v) is 6.26. The largest absolute Gasteiger partial charge is 0.356 e. The third kappa shape index (κ3) is 3.56. The van der Waals surface area contributed by atoms with E-state index in [4.69, 9.17) is 5.73 Å². The second-order valence-corrected chi connectivity index (χ2v) is 4.68. The average Bonchev–Trinajstić information content (AvgIpc) is 2.95. The zero-order chi connectivity index (χ0) is 12.1. The number of nitrogens with zero attached hydrogens (tertiary/aromatic N) is 2.